The summed E-state index contributed by atoms with van der Waals surface area (Å²) >= 11 is 0. The van der Waals surface area contributed by atoms with Gasteiger partial charge in [-0.15, -0.1) is 0 Å². The first-order valence-electron chi connectivity index (χ1n) is 7.81. The second kappa shape index (κ2) is 6.84. The Labute approximate surface area is 144 Å². The van der Waals surface area contributed by atoms with E-state index < -0.39 is 12.6 Å². The summed E-state index contributed by atoms with van der Waals surface area (Å²) in [5, 5.41) is 8.95. The average Bonchev–Trinajstić information content (AvgIpc) is 2.99. The number of benzene rings is 2. The van der Waals surface area contributed by atoms with Crippen LogP contribution < -0.4 is 14.2 Å². The lowest BCUT2D eigenvalue weighted by atomic mass is 9.99. The first-order valence-corrected chi connectivity index (χ1v) is 7.81. The fourth-order valence-corrected chi connectivity index (χ4v) is 3.03. The topological polar surface area (TPSA) is 82.1 Å². The van der Waals surface area contributed by atoms with Gasteiger partial charge in [0.1, 0.15) is 0 Å². The van der Waals surface area contributed by atoms with E-state index in [1.165, 1.54) is 14.2 Å². The Bertz CT molecular complexity index is 840. The van der Waals surface area contributed by atoms with Crippen molar-refractivity contribution in [3.8, 4) is 28.4 Å². The Morgan fingerprint density at radius 2 is 1.80 bits per heavy atom. The number of ketones is 1. The third kappa shape index (κ3) is 3.15. The molecule has 0 spiro atoms. The number of ether oxygens (including phenoxy) is 3. The van der Waals surface area contributed by atoms with Gasteiger partial charge in [0.2, 0.25) is 5.75 Å². The predicted octanol–water partition coefficient (Wildman–Crippen LogP) is 2.96. The number of aryl methyl sites for hydroxylation is 1. The van der Waals surface area contributed by atoms with E-state index in [4.69, 9.17) is 19.3 Å². The maximum Gasteiger partial charge on any atom is 0.341 e. The van der Waals surface area contributed by atoms with Crippen LogP contribution in [0.15, 0.2) is 30.3 Å². The smallest absolute Gasteiger partial charge is 0.341 e. The molecule has 0 amide bonds. The molecule has 0 atom stereocenters. The summed E-state index contributed by atoms with van der Waals surface area (Å²) in [6, 6.07) is 9.10. The molecule has 6 nitrogen and oxygen atoms in total. The van der Waals surface area contributed by atoms with Crippen molar-refractivity contribution in [3.05, 3.63) is 41.5 Å². The number of fused-ring (bicyclic) bond motifs is 1. The molecule has 0 aliphatic heterocycles. The zero-order chi connectivity index (χ0) is 18.0. The van der Waals surface area contributed by atoms with E-state index in [0.717, 1.165) is 16.7 Å². The quantitative estimate of drug-likeness (QED) is 0.869. The fourth-order valence-electron chi connectivity index (χ4n) is 3.03. The molecule has 0 radical (unpaired) electrons. The van der Waals surface area contributed by atoms with Crippen LogP contribution in [-0.2, 0) is 11.2 Å². The van der Waals surface area contributed by atoms with Crippen LogP contribution in [0.2, 0.25) is 0 Å². The van der Waals surface area contributed by atoms with Crippen molar-refractivity contribution < 1.29 is 28.9 Å². The van der Waals surface area contributed by atoms with Gasteiger partial charge in [-0.2, -0.15) is 0 Å². The molecule has 0 aromatic heterocycles. The van der Waals surface area contributed by atoms with Gasteiger partial charge < -0.3 is 19.3 Å². The highest BCUT2D eigenvalue weighted by atomic mass is 16.5. The predicted molar refractivity (Wildman–Crippen MR) is 90.8 cm³/mol. The molecule has 0 heterocycles. The molecule has 0 fully saturated rings. The second-order valence-electron chi connectivity index (χ2n) is 5.66. The molecule has 130 valence electrons. The number of methoxy groups -OCH3 is 2. The molecule has 6 heteroatoms. The van der Waals surface area contributed by atoms with Gasteiger partial charge in [0.25, 0.3) is 0 Å². The van der Waals surface area contributed by atoms with Crippen molar-refractivity contribution in [2.24, 2.45) is 0 Å². The van der Waals surface area contributed by atoms with E-state index >= 15 is 0 Å². The van der Waals surface area contributed by atoms with Gasteiger partial charge in [-0.1, -0.05) is 18.2 Å². The molecule has 0 unspecified atom stereocenters. The van der Waals surface area contributed by atoms with Gasteiger partial charge in [-0.05, 0) is 29.7 Å². The van der Waals surface area contributed by atoms with Gasteiger partial charge >= 0.3 is 5.97 Å². The van der Waals surface area contributed by atoms with Crippen molar-refractivity contribution in [1.29, 1.82) is 0 Å². The van der Waals surface area contributed by atoms with Crippen LogP contribution in [-0.4, -0.2) is 37.7 Å². The fraction of sp³-hybridized carbons (Fsp3) is 0.263. The Kier molecular flexibility index (Phi) is 4.61. The summed E-state index contributed by atoms with van der Waals surface area (Å²) in [7, 11) is 2.97. The Morgan fingerprint density at radius 1 is 1.04 bits per heavy atom. The van der Waals surface area contributed by atoms with Crippen molar-refractivity contribution in [3.63, 3.8) is 0 Å². The minimum Gasteiger partial charge on any atom is -0.493 e. The van der Waals surface area contributed by atoms with Gasteiger partial charge in [0.15, 0.2) is 23.9 Å². The van der Waals surface area contributed by atoms with Gasteiger partial charge in [0.05, 0.1) is 14.2 Å². The van der Waals surface area contributed by atoms with Crippen LogP contribution in [0, 0.1) is 0 Å². The third-order valence-corrected chi connectivity index (χ3v) is 4.18. The maximum atomic E-state index is 11.8. The van der Waals surface area contributed by atoms with Crippen LogP contribution in [0.1, 0.15) is 22.3 Å². The highest BCUT2D eigenvalue weighted by molar-refractivity contribution is 6.01. The molecule has 1 N–H and O–H groups in total. The SMILES string of the molecule is COc1ccc(-c2ccc3c(c2)CCC3=O)c(OCC(=O)O)c1OC. The summed E-state index contributed by atoms with van der Waals surface area (Å²) in [4.78, 5) is 22.7. The molecule has 1 aliphatic carbocycles. The number of carbonyl (C=O) groups excluding carboxylic acids is 1. The molecule has 0 saturated carbocycles. The van der Waals surface area contributed by atoms with E-state index in [9.17, 15) is 9.59 Å². The number of carboxylic acids is 1. The second-order valence-corrected chi connectivity index (χ2v) is 5.66. The summed E-state index contributed by atoms with van der Waals surface area (Å²) in [5.74, 6) is 0.140. The third-order valence-electron chi connectivity index (χ3n) is 4.18. The number of Topliss-reactive ketones (excluding diaryl/α,β-unsaturated/α-hetero) is 1. The number of rotatable bonds is 6. The molecular formula is C19H18O6. The Hall–Kier alpha value is -3.02. The van der Waals surface area contributed by atoms with Crippen LogP contribution >= 0.6 is 0 Å². The van der Waals surface area contributed by atoms with Crippen LogP contribution in [0.3, 0.4) is 0 Å². The summed E-state index contributed by atoms with van der Waals surface area (Å²) in [6.45, 7) is -0.500. The lowest BCUT2D eigenvalue weighted by molar-refractivity contribution is -0.139. The largest absolute Gasteiger partial charge is 0.493 e. The number of hydrogen-bond donors (Lipinski definition) is 1. The number of hydrogen-bond acceptors (Lipinski definition) is 5. The molecule has 2 aromatic rings. The number of aliphatic carboxylic acids is 1. The summed E-state index contributed by atoms with van der Waals surface area (Å²) in [5.41, 5.74) is 3.24. The average molecular weight is 342 g/mol. The minimum absolute atomic E-state index is 0.149. The van der Waals surface area contributed by atoms with Crippen LogP contribution in [0.5, 0.6) is 17.2 Å². The van der Waals surface area contributed by atoms with E-state index in [0.29, 0.717) is 35.7 Å². The van der Waals surface area contributed by atoms with Crippen LogP contribution in [0.25, 0.3) is 11.1 Å². The van der Waals surface area contributed by atoms with Crippen LogP contribution in [0.4, 0.5) is 0 Å². The van der Waals surface area contributed by atoms with Crippen molar-refractivity contribution in [2.45, 2.75) is 12.8 Å². The van der Waals surface area contributed by atoms with E-state index in [2.05, 4.69) is 0 Å². The van der Waals surface area contributed by atoms with Crippen molar-refractivity contribution in [2.75, 3.05) is 20.8 Å². The van der Waals surface area contributed by atoms with E-state index in [-0.39, 0.29) is 5.78 Å². The number of carbonyl (C=O) groups is 2. The van der Waals surface area contributed by atoms with Gasteiger partial charge in [-0.25, -0.2) is 4.79 Å². The van der Waals surface area contributed by atoms with Gasteiger partial charge in [-0.3, -0.25) is 4.79 Å². The van der Waals surface area contributed by atoms with Crippen molar-refractivity contribution in [1.82, 2.24) is 0 Å². The molecule has 1 aliphatic rings. The molecule has 0 saturated heterocycles. The summed E-state index contributed by atoms with van der Waals surface area (Å²) in [6.07, 6.45) is 1.23. The molecule has 3 rings (SSSR count). The lowest BCUT2D eigenvalue weighted by Crippen LogP contribution is -2.11. The highest BCUT2D eigenvalue weighted by Crippen LogP contribution is 2.45. The molecule has 2 aromatic carbocycles. The molecular weight excluding hydrogens is 324 g/mol. The van der Waals surface area contributed by atoms with Crippen molar-refractivity contribution >= 4 is 11.8 Å². The highest BCUT2D eigenvalue weighted by Gasteiger charge is 2.22. The zero-order valence-electron chi connectivity index (χ0n) is 14.0. The monoisotopic (exact) mass is 342 g/mol. The standard InChI is InChI=1S/C19H18O6/c1-23-16-8-6-14(18(19(16)24-2)25-10-17(21)22)12-3-5-13-11(9-12)4-7-15(13)20/h3,5-6,8-9H,4,7,10H2,1-2H3,(H,21,22). The molecule has 0 bridgehead atoms. The first kappa shape index (κ1) is 16.8. The lowest BCUT2D eigenvalue weighted by Gasteiger charge is -2.17. The van der Waals surface area contributed by atoms with E-state index in [1.54, 1.807) is 18.2 Å². The van der Waals surface area contributed by atoms with Gasteiger partial charge in [0, 0.05) is 17.5 Å². The Morgan fingerprint density at radius 3 is 2.48 bits per heavy atom. The van der Waals surface area contributed by atoms with E-state index in [1.807, 2.05) is 12.1 Å². The maximum absolute atomic E-state index is 11.8. The normalized spacial score (nSPS) is 12.6. The zero-order valence-corrected chi connectivity index (χ0v) is 14.0. The summed E-state index contributed by atoms with van der Waals surface area (Å²) < 4.78 is 16.1. The number of carboxylic acid groups (broad SMARTS) is 1. The Balaban J connectivity index is 2.11. The minimum atomic E-state index is -1.09. The molecule has 25 heavy (non-hydrogen) atoms. The first-order chi connectivity index (χ1) is 12.0.